The maximum absolute atomic E-state index is 13.2. The minimum Gasteiger partial charge on any atom is -0.487 e. The van der Waals surface area contributed by atoms with Crippen molar-refractivity contribution in [2.24, 2.45) is 10.7 Å². The van der Waals surface area contributed by atoms with E-state index in [1.54, 1.807) is 13.2 Å². The Morgan fingerprint density at radius 1 is 1.30 bits per heavy atom. The summed E-state index contributed by atoms with van der Waals surface area (Å²) in [6.45, 7) is 5.83. The molecule has 27 heavy (non-hydrogen) atoms. The zero-order chi connectivity index (χ0) is 19.6. The first-order chi connectivity index (χ1) is 12.6. The topological polar surface area (TPSA) is 80.8 Å². The van der Waals surface area contributed by atoms with Gasteiger partial charge in [-0.2, -0.15) is 0 Å². The molecular formula is C20H21ClN4O2. The van der Waals surface area contributed by atoms with Crippen LogP contribution in [0.3, 0.4) is 0 Å². The van der Waals surface area contributed by atoms with Gasteiger partial charge in [-0.15, -0.1) is 0 Å². The van der Waals surface area contributed by atoms with E-state index in [0.29, 0.717) is 17.2 Å². The van der Waals surface area contributed by atoms with Gasteiger partial charge in [0.2, 0.25) is 0 Å². The quantitative estimate of drug-likeness (QED) is 0.818. The van der Waals surface area contributed by atoms with Gasteiger partial charge in [0.1, 0.15) is 11.4 Å². The van der Waals surface area contributed by atoms with E-state index in [4.69, 9.17) is 22.1 Å². The molecule has 0 radical (unpaired) electrons. The standard InChI is InChI=1S/C20H21ClN4O2/c1-11-14(8-13(21)9-23-11)12-5-6-16-15(7-12)20(10-19(2,3)27-16)17(26)25(4)18(22)24-20/h5-9H,10H2,1-4H3,(H2,22,24). The smallest absolute Gasteiger partial charge is 0.261 e. The molecule has 1 atom stereocenters. The first kappa shape index (κ1) is 17.8. The minimum atomic E-state index is -1.08. The molecule has 1 amide bonds. The van der Waals surface area contributed by atoms with Crippen LogP contribution in [0, 0.1) is 6.92 Å². The summed E-state index contributed by atoms with van der Waals surface area (Å²) in [5.74, 6) is 0.716. The Kier molecular flexibility index (Phi) is 3.75. The summed E-state index contributed by atoms with van der Waals surface area (Å²) in [4.78, 5) is 23.5. The number of amides is 1. The SMILES string of the molecule is Cc1ncc(Cl)cc1-c1ccc2c(c1)C1(CC(C)(C)O2)N=C(N)N(C)C1=O. The Bertz CT molecular complexity index is 1000. The second-order valence-electron chi connectivity index (χ2n) is 7.73. The van der Waals surface area contributed by atoms with Crippen molar-refractivity contribution in [1.29, 1.82) is 0 Å². The average Bonchev–Trinajstić information content (AvgIpc) is 2.80. The number of ether oxygens (including phenoxy) is 1. The lowest BCUT2D eigenvalue weighted by Crippen LogP contribution is -2.49. The number of guanidine groups is 1. The van der Waals surface area contributed by atoms with Crippen molar-refractivity contribution in [1.82, 2.24) is 9.88 Å². The lowest BCUT2D eigenvalue weighted by atomic mass is 9.77. The molecule has 2 aliphatic rings. The van der Waals surface area contributed by atoms with Crippen LogP contribution in [0.15, 0.2) is 35.5 Å². The van der Waals surface area contributed by atoms with Crippen molar-refractivity contribution in [2.45, 2.75) is 38.3 Å². The highest BCUT2D eigenvalue weighted by Gasteiger charge is 2.55. The van der Waals surface area contributed by atoms with Crippen LogP contribution in [0.5, 0.6) is 5.75 Å². The van der Waals surface area contributed by atoms with Crippen molar-refractivity contribution in [3.63, 3.8) is 0 Å². The Balaban J connectivity index is 1.95. The van der Waals surface area contributed by atoms with E-state index in [2.05, 4.69) is 9.98 Å². The molecule has 0 bridgehead atoms. The molecule has 4 rings (SSSR count). The summed E-state index contributed by atoms with van der Waals surface area (Å²) in [5.41, 5.74) is 7.75. The van der Waals surface area contributed by atoms with E-state index in [-0.39, 0.29) is 11.9 Å². The number of aliphatic imine (C=N–C) groups is 1. The average molecular weight is 385 g/mol. The Labute approximate surface area is 163 Å². The van der Waals surface area contributed by atoms with Gasteiger partial charge < -0.3 is 10.5 Å². The highest BCUT2D eigenvalue weighted by atomic mass is 35.5. The van der Waals surface area contributed by atoms with Crippen LogP contribution < -0.4 is 10.5 Å². The summed E-state index contributed by atoms with van der Waals surface area (Å²) in [5, 5.41) is 0.555. The highest BCUT2D eigenvalue weighted by molar-refractivity contribution is 6.30. The van der Waals surface area contributed by atoms with Crippen molar-refractivity contribution in [3.8, 4) is 16.9 Å². The van der Waals surface area contributed by atoms with Crippen molar-refractivity contribution < 1.29 is 9.53 Å². The second kappa shape index (κ2) is 5.70. The van der Waals surface area contributed by atoms with Gasteiger partial charge in [-0.3, -0.25) is 14.7 Å². The molecule has 1 aromatic heterocycles. The monoisotopic (exact) mass is 384 g/mol. The van der Waals surface area contributed by atoms with Crippen LogP contribution in [0.1, 0.15) is 31.5 Å². The number of nitrogens with two attached hydrogens (primary N) is 1. The van der Waals surface area contributed by atoms with E-state index in [1.807, 2.05) is 45.0 Å². The molecule has 0 saturated heterocycles. The maximum atomic E-state index is 13.2. The van der Waals surface area contributed by atoms with Gasteiger partial charge in [-0.1, -0.05) is 17.7 Å². The van der Waals surface area contributed by atoms with E-state index in [1.165, 1.54) is 4.90 Å². The number of carbonyl (C=O) groups excluding carboxylic acids is 1. The number of hydrogen-bond acceptors (Lipinski definition) is 5. The third-order valence-corrected chi connectivity index (χ3v) is 5.37. The lowest BCUT2D eigenvalue weighted by molar-refractivity contribution is -0.133. The van der Waals surface area contributed by atoms with Gasteiger partial charge in [-0.25, -0.2) is 4.99 Å². The number of aryl methyl sites for hydroxylation is 1. The van der Waals surface area contributed by atoms with E-state index in [0.717, 1.165) is 22.4 Å². The van der Waals surface area contributed by atoms with Crippen LogP contribution in [0.2, 0.25) is 5.02 Å². The van der Waals surface area contributed by atoms with Gasteiger partial charge in [0.25, 0.3) is 5.91 Å². The highest BCUT2D eigenvalue weighted by Crippen LogP contribution is 2.49. The van der Waals surface area contributed by atoms with Gasteiger partial charge in [0.15, 0.2) is 11.5 Å². The number of aromatic nitrogens is 1. The third-order valence-electron chi connectivity index (χ3n) is 5.16. The number of carbonyl (C=O) groups is 1. The van der Waals surface area contributed by atoms with Gasteiger partial charge >= 0.3 is 0 Å². The molecule has 140 valence electrons. The molecular weight excluding hydrogens is 364 g/mol. The number of rotatable bonds is 1. The summed E-state index contributed by atoms with van der Waals surface area (Å²) < 4.78 is 6.15. The normalized spacial score (nSPS) is 23.2. The molecule has 2 N–H and O–H groups in total. The minimum absolute atomic E-state index is 0.143. The van der Waals surface area contributed by atoms with Crippen molar-refractivity contribution >= 4 is 23.5 Å². The van der Waals surface area contributed by atoms with Crippen LogP contribution in [-0.2, 0) is 10.3 Å². The number of likely N-dealkylation sites (N-methyl/N-ethyl adjacent to an activating group) is 1. The molecule has 1 aromatic carbocycles. The third kappa shape index (κ3) is 2.67. The van der Waals surface area contributed by atoms with Crippen molar-refractivity contribution in [3.05, 3.63) is 46.7 Å². The molecule has 0 saturated carbocycles. The zero-order valence-corrected chi connectivity index (χ0v) is 16.5. The maximum Gasteiger partial charge on any atom is 0.261 e. The second-order valence-corrected chi connectivity index (χ2v) is 8.17. The zero-order valence-electron chi connectivity index (χ0n) is 15.7. The van der Waals surface area contributed by atoms with Crippen LogP contribution >= 0.6 is 11.6 Å². The number of pyridine rings is 1. The number of benzene rings is 1. The van der Waals surface area contributed by atoms with Gasteiger partial charge in [0.05, 0.1) is 5.02 Å². The molecule has 1 unspecified atom stereocenters. The fourth-order valence-electron chi connectivity index (χ4n) is 3.95. The van der Waals surface area contributed by atoms with Crippen LogP contribution in [0.4, 0.5) is 0 Å². The molecule has 2 aliphatic heterocycles. The Morgan fingerprint density at radius 2 is 2.04 bits per heavy atom. The first-order valence-electron chi connectivity index (χ1n) is 8.72. The Morgan fingerprint density at radius 3 is 2.70 bits per heavy atom. The molecule has 2 aromatic rings. The summed E-state index contributed by atoms with van der Waals surface area (Å²) in [6, 6.07) is 7.64. The first-order valence-corrected chi connectivity index (χ1v) is 9.10. The Hall–Kier alpha value is -2.60. The fourth-order valence-corrected chi connectivity index (χ4v) is 4.10. The van der Waals surface area contributed by atoms with E-state index < -0.39 is 11.1 Å². The molecule has 3 heterocycles. The van der Waals surface area contributed by atoms with E-state index >= 15 is 0 Å². The van der Waals surface area contributed by atoms with E-state index in [9.17, 15) is 4.79 Å². The van der Waals surface area contributed by atoms with Crippen molar-refractivity contribution in [2.75, 3.05) is 7.05 Å². The molecule has 1 spiro atoms. The lowest BCUT2D eigenvalue weighted by Gasteiger charge is -2.41. The molecule has 0 aliphatic carbocycles. The molecule has 6 nitrogen and oxygen atoms in total. The number of hydrogen-bond donors (Lipinski definition) is 1. The summed E-state index contributed by atoms with van der Waals surface area (Å²) in [7, 11) is 1.65. The number of nitrogens with zero attached hydrogens (tertiary/aromatic N) is 3. The van der Waals surface area contributed by atoms with Crippen LogP contribution in [-0.4, -0.2) is 34.4 Å². The predicted molar refractivity (Wildman–Crippen MR) is 105 cm³/mol. The number of fused-ring (bicyclic) bond motifs is 2. The largest absolute Gasteiger partial charge is 0.487 e. The summed E-state index contributed by atoms with van der Waals surface area (Å²) in [6.07, 6.45) is 2.03. The molecule has 7 heteroatoms. The summed E-state index contributed by atoms with van der Waals surface area (Å²) >= 11 is 6.14. The fraction of sp³-hybridized carbons (Fsp3) is 0.350. The number of halogens is 1. The predicted octanol–water partition coefficient (Wildman–Crippen LogP) is 3.25. The van der Waals surface area contributed by atoms with Crippen LogP contribution in [0.25, 0.3) is 11.1 Å². The van der Waals surface area contributed by atoms with Gasteiger partial charge in [-0.05, 0) is 44.5 Å². The van der Waals surface area contributed by atoms with Gasteiger partial charge in [0, 0.05) is 36.5 Å². The molecule has 0 fully saturated rings.